The van der Waals surface area contributed by atoms with E-state index < -0.39 is 0 Å². The molecular weight excluding hydrogens is 188 g/mol. The fourth-order valence-electron chi connectivity index (χ4n) is 1.14. The fraction of sp³-hybridized carbons (Fsp3) is 0.455. The summed E-state index contributed by atoms with van der Waals surface area (Å²) in [6.45, 7) is 9.92. The third-order valence-corrected chi connectivity index (χ3v) is 1.68. The first kappa shape index (κ1) is 13.4. The number of H-pyrrole nitrogens is 1. The number of nitrogen functional groups attached to an aromatic ring is 1. The van der Waals surface area contributed by atoms with Crippen molar-refractivity contribution in [2.75, 3.05) is 5.73 Å². The summed E-state index contributed by atoms with van der Waals surface area (Å²) in [6, 6.07) is 1.83. The van der Waals surface area contributed by atoms with Gasteiger partial charge in [-0.1, -0.05) is 27.7 Å². The van der Waals surface area contributed by atoms with E-state index in [0.29, 0.717) is 5.82 Å². The minimum Gasteiger partial charge on any atom is -0.383 e. The monoisotopic (exact) mass is 208 g/mol. The van der Waals surface area contributed by atoms with Crippen molar-refractivity contribution in [1.29, 1.82) is 0 Å². The van der Waals surface area contributed by atoms with Crippen LogP contribution in [-0.4, -0.2) is 15.2 Å². The normalized spacial score (nSPS) is 8.60. The minimum atomic E-state index is 0.536. The summed E-state index contributed by atoms with van der Waals surface area (Å²) in [4.78, 5) is 3.96. The molecule has 84 valence electrons. The van der Waals surface area contributed by atoms with Crippen molar-refractivity contribution in [1.82, 2.24) is 15.2 Å². The van der Waals surface area contributed by atoms with Crippen LogP contribution in [0.1, 0.15) is 33.4 Å². The Morgan fingerprint density at radius 2 is 1.80 bits per heavy atom. The third kappa shape index (κ3) is 2.94. The van der Waals surface area contributed by atoms with Crippen molar-refractivity contribution >= 4 is 16.7 Å². The Balaban J connectivity index is 0.000000442. The van der Waals surface area contributed by atoms with Gasteiger partial charge in [-0.2, -0.15) is 5.10 Å². The Bertz CT molecular complexity index is 392. The first-order valence-electron chi connectivity index (χ1n) is 5.34. The molecule has 0 fully saturated rings. The second-order valence-electron chi connectivity index (χ2n) is 2.44. The van der Waals surface area contributed by atoms with Gasteiger partial charge in [0.2, 0.25) is 0 Å². The summed E-state index contributed by atoms with van der Waals surface area (Å²) in [5.74, 6) is 0.536. The maximum atomic E-state index is 5.63. The average molecular weight is 208 g/mol. The van der Waals surface area contributed by atoms with Crippen LogP contribution in [0.5, 0.6) is 0 Å². The smallest absolute Gasteiger partial charge is 0.134 e. The number of aryl methyl sites for hydroxylation is 1. The lowest BCUT2D eigenvalue weighted by Gasteiger charge is -1.92. The largest absolute Gasteiger partial charge is 0.383 e. The van der Waals surface area contributed by atoms with Crippen molar-refractivity contribution < 1.29 is 0 Å². The molecule has 0 aliphatic carbocycles. The number of hydrogen-bond acceptors (Lipinski definition) is 3. The number of nitrogens with one attached hydrogen (secondary N) is 1. The maximum Gasteiger partial charge on any atom is 0.134 e. The molecule has 3 N–H and O–H groups in total. The van der Waals surface area contributed by atoms with E-state index in [1.54, 1.807) is 6.20 Å². The SMILES string of the molecule is CC.CC.Cc1[nH]nc2ccnc(N)c12. The summed E-state index contributed by atoms with van der Waals surface area (Å²) in [5.41, 5.74) is 7.46. The Morgan fingerprint density at radius 1 is 1.20 bits per heavy atom. The van der Waals surface area contributed by atoms with Crippen LogP contribution >= 0.6 is 0 Å². The van der Waals surface area contributed by atoms with Gasteiger partial charge in [-0.15, -0.1) is 0 Å². The molecule has 0 aliphatic rings. The highest BCUT2D eigenvalue weighted by Crippen LogP contribution is 2.18. The van der Waals surface area contributed by atoms with Gasteiger partial charge in [0.25, 0.3) is 0 Å². The molecule has 0 atom stereocenters. The van der Waals surface area contributed by atoms with Crippen LogP contribution in [-0.2, 0) is 0 Å². The van der Waals surface area contributed by atoms with E-state index in [9.17, 15) is 0 Å². The molecule has 0 saturated heterocycles. The van der Waals surface area contributed by atoms with E-state index in [1.165, 1.54) is 0 Å². The summed E-state index contributed by atoms with van der Waals surface area (Å²) in [6.07, 6.45) is 1.65. The highest BCUT2D eigenvalue weighted by Gasteiger charge is 2.03. The maximum absolute atomic E-state index is 5.63. The number of nitrogens with zero attached hydrogens (tertiary/aromatic N) is 2. The van der Waals surface area contributed by atoms with E-state index in [1.807, 2.05) is 40.7 Å². The van der Waals surface area contributed by atoms with Crippen LogP contribution < -0.4 is 5.73 Å². The van der Waals surface area contributed by atoms with Crippen molar-refractivity contribution in [3.05, 3.63) is 18.0 Å². The van der Waals surface area contributed by atoms with Crippen LogP contribution in [0, 0.1) is 6.92 Å². The Kier molecular flexibility index (Phi) is 6.09. The number of aromatic nitrogens is 3. The standard InChI is InChI=1S/C7H8N4.2C2H6/c1-4-6-5(11-10-4)2-3-9-7(6)8;2*1-2/h2-3H,1H3,(H2,8,9)(H,10,11);2*1-2H3. The predicted molar refractivity (Wildman–Crippen MR) is 65.7 cm³/mol. The molecule has 0 aliphatic heterocycles. The molecule has 0 radical (unpaired) electrons. The molecule has 15 heavy (non-hydrogen) atoms. The van der Waals surface area contributed by atoms with Gasteiger partial charge in [0.15, 0.2) is 0 Å². The van der Waals surface area contributed by atoms with Crippen LogP contribution in [0.25, 0.3) is 10.9 Å². The van der Waals surface area contributed by atoms with Crippen LogP contribution in [0.4, 0.5) is 5.82 Å². The van der Waals surface area contributed by atoms with Gasteiger partial charge in [0.1, 0.15) is 5.82 Å². The Morgan fingerprint density at radius 3 is 2.33 bits per heavy atom. The van der Waals surface area contributed by atoms with Crippen LogP contribution in [0.2, 0.25) is 0 Å². The zero-order chi connectivity index (χ0) is 11.8. The van der Waals surface area contributed by atoms with E-state index in [4.69, 9.17) is 5.73 Å². The van der Waals surface area contributed by atoms with Gasteiger partial charge < -0.3 is 5.73 Å². The van der Waals surface area contributed by atoms with Crippen molar-refractivity contribution in [3.8, 4) is 0 Å². The van der Waals surface area contributed by atoms with Crippen molar-refractivity contribution in [2.24, 2.45) is 0 Å². The number of nitrogens with two attached hydrogens (primary N) is 1. The van der Waals surface area contributed by atoms with Crippen molar-refractivity contribution in [2.45, 2.75) is 34.6 Å². The molecular formula is C11H20N4. The van der Waals surface area contributed by atoms with E-state index >= 15 is 0 Å². The predicted octanol–water partition coefficient (Wildman–Crippen LogP) is 2.90. The fourth-order valence-corrected chi connectivity index (χ4v) is 1.14. The summed E-state index contributed by atoms with van der Waals surface area (Å²) >= 11 is 0. The van der Waals surface area contributed by atoms with Crippen LogP contribution in [0.3, 0.4) is 0 Å². The van der Waals surface area contributed by atoms with Crippen molar-refractivity contribution in [3.63, 3.8) is 0 Å². The molecule has 4 nitrogen and oxygen atoms in total. The molecule has 2 aromatic heterocycles. The zero-order valence-corrected chi connectivity index (χ0v) is 10.1. The molecule has 0 unspecified atom stereocenters. The minimum absolute atomic E-state index is 0.536. The third-order valence-electron chi connectivity index (χ3n) is 1.68. The number of pyridine rings is 1. The number of hydrogen-bond donors (Lipinski definition) is 2. The van der Waals surface area contributed by atoms with E-state index in [-0.39, 0.29) is 0 Å². The quantitative estimate of drug-likeness (QED) is 0.699. The number of anilines is 1. The molecule has 4 heteroatoms. The molecule has 0 bridgehead atoms. The molecule has 0 amide bonds. The van der Waals surface area contributed by atoms with Crippen LogP contribution in [0.15, 0.2) is 12.3 Å². The van der Waals surface area contributed by atoms with Gasteiger partial charge >= 0.3 is 0 Å². The first-order chi connectivity index (χ1) is 7.29. The van der Waals surface area contributed by atoms with Gasteiger partial charge in [-0.05, 0) is 13.0 Å². The zero-order valence-electron chi connectivity index (χ0n) is 10.1. The Hall–Kier alpha value is -1.58. The van der Waals surface area contributed by atoms with E-state index in [2.05, 4.69) is 15.2 Å². The topological polar surface area (TPSA) is 67.6 Å². The van der Waals surface area contributed by atoms with Gasteiger partial charge in [0, 0.05) is 11.9 Å². The van der Waals surface area contributed by atoms with Gasteiger partial charge in [-0.25, -0.2) is 4.98 Å². The highest BCUT2D eigenvalue weighted by atomic mass is 15.1. The lowest BCUT2D eigenvalue weighted by molar-refractivity contribution is 1.07. The molecule has 0 aromatic carbocycles. The molecule has 2 aromatic rings. The average Bonchev–Trinajstić information content (AvgIpc) is 2.68. The Labute approximate surface area is 90.9 Å². The lowest BCUT2D eigenvalue weighted by Crippen LogP contribution is -1.89. The summed E-state index contributed by atoms with van der Waals surface area (Å²) in [7, 11) is 0. The molecule has 0 spiro atoms. The summed E-state index contributed by atoms with van der Waals surface area (Å²) < 4.78 is 0. The lowest BCUT2D eigenvalue weighted by atomic mass is 10.2. The van der Waals surface area contributed by atoms with E-state index in [0.717, 1.165) is 16.6 Å². The molecule has 2 rings (SSSR count). The molecule has 0 saturated carbocycles. The number of aromatic amines is 1. The second kappa shape index (κ2) is 6.81. The molecule has 2 heterocycles. The van der Waals surface area contributed by atoms with Gasteiger partial charge in [-0.3, -0.25) is 5.10 Å². The first-order valence-corrected chi connectivity index (χ1v) is 5.34. The van der Waals surface area contributed by atoms with Gasteiger partial charge in [0.05, 0.1) is 10.9 Å². The second-order valence-corrected chi connectivity index (χ2v) is 2.44. The summed E-state index contributed by atoms with van der Waals surface area (Å²) in [5, 5.41) is 7.81. The number of rotatable bonds is 0. The number of fused-ring (bicyclic) bond motifs is 1. The highest BCUT2D eigenvalue weighted by molar-refractivity contribution is 5.89.